The zero-order valence-electron chi connectivity index (χ0n) is 18.0. The monoisotopic (exact) mass is 440 g/mol. The third-order valence-electron chi connectivity index (χ3n) is 5.04. The van der Waals surface area contributed by atoms with Crippen molar-refractivity contribution in [1.82, 2.24) is 15.0 Å². The Labute approximate surface area is 192 Å². The van der Waals surface area contributed by atoms with Crippen molar-refractivity contribution in [1.29, 1.82) is 0 Å². The van der Waals surface area contributed by atoms with Crippen LogP contribution in [0.25, 0.3) is 0 Å². The number of anilines is 5. The molecule has 0 saturated carbocycles. The fourth-order valence-electron chi connectivity index (χ4n) is 3.39. The second kappa shape index (κ2) is 9.97. The van der Waals surface area contributed by atoms with Gasteiger partial charge >= 0.3 is 0 Å². The van der Waals surface area contributed by atoms with Gasteiger partial charge in [-0.3, -0.25) is 0 Å². The molecule has 0 spiro atoms. The van der Waals surface area contributed by atoms with Crippen molar-refractivity contribution in [2.45, 2.75) is 0 Å². The van der Waals surface area contributed by atoms with Crippen molar-refractivity contribution in [2.24, 2.45) is 0 Å². The first kappa shape index (κ1) is 20.7. The SMILES string of the molecule is c1ccc(Nc2nc(Nc3ccc(Oc4ccccc4)cc3)nc(N3CCOCC3)n2)cc1. The van der Waals surface area contributed by atoms with Gasteiger partial charge in [0.05, 0.1) is 13.2 Å². The zero-order chi connectivity index (χ0) is 22.3. The second-order valence-corrected chi connectivity index (χ2v) is 7.44. The summed E-state index contributed by atoms with van der Waals surface area (Å²) in [5, 5.41) is 6.55. The van der Waals surface area contributed by atoms with Gasteiger partial charge in [-0.1, -0.05) is 36.4 Å². The van der Waals surface area contributed by atoms with Crippen LogP contribution in [0.15, 0.2) is 84.9 Å². The van der Waals surface area contributed by atoms with E-state index < -0.39 is 0 Å². The summed E-state index contributed by atoms with van der Waals surface area (Å²) >= 11 is 0. The van der Waals surface area contributed by atoms with Crippen LogP contribution in [-0.2, 0) is 4.74 Å². The van der Waals surface area contributed by atoms with E-state index >= 15 is 0 Å². The van der Waals surface area contributed by atoms with Crippen LogP contribution < -0.4 is 20.3 Å². The van der Waals surface area contributed by atoms with E-state index in [2.05, 4.69) is 30.5 Å². The number of nitrogens with zero attached hydrogens (tertiary/aromatic N) is 4. The van der Waals surface area contributed by atoms with E-state index in [9.17, 15) is 0 Å². The number of rotatable bonds is 7. The van der Waals surface area contributed by atoms with Gasteiger partial charge in [-0.25, -0.2) is 0 Å². The molecule has 1 aliphatic heterocycles. The van der Waals surface area contributed by atoms with Crippen molar-refractivity contribution in [2.75, 3.05) is 41.8 Å². The number of morpholine rings is 1. The van der Waals surface area contributed by atoms with E-state index in [0.29, 0.717) is 31.1 Å². The molecule has 0 aliphatic carbocycles. The Morgan fingerprint density at radius 2 is 1.18 bits per heavy atom. The van der Waals surface area contributed by atoms with Gasteiger partial charge in [0.15, 0.2) is 0 Å². The van der Waals surface area contributed by atoms with E-state index in [1.165, 1.54) is 0 Å². The minimum Gasteiger partial charge on any atom is -0.457 e. The van der Waals surface area contributed by atoms with Crippen molar-refractivity contribution in [3.05, 3.63) is 84.9 Å². The lowest BCUT2D eigenvalue weighted by molar-refractivity contribution is 0.122. The number of benzene rings is 3. The highest BCUT2D eigenvalue weighted by Gasteiger charge is 2.17. The van der Waals surface area contributed by atoms with Gasteiger partial charge in [-0.15, -0.1) is 0 Å². The Morgan fingerprint density at radius 3 is 1.82 bits per heavy atom. The topological polar surface area (TPSA) is 84.4 Å². The fraction of sp³-hybridized carbons (Fsp3) is 0.160. The average Bonchev–Trinajstić information content (AvgIpc) is 2.87. The standard InChI is InChI=1S/C25H24N6O2/c1-3-7-19(8-4-1)26-23-28-24(30-25(29-23)31-15-17-32-18-16-31)27-20-11-13-22(14-12-20)33-21-9-5-2-6-10-21/h1-14H,15-18H2,(H2,26,27,28,29,30). The molecule has 4 aromatic rings. The number of ether oxygens (including phenoxy) is 2. The van der Waals surface area contributed by atoms with Gasteiger partial charge in [0.25, 0.3) is 0 Å². The Kier molecular flexibility index (Phi) is 6.26. The van der Waals surface area contributed by atoms with Crippen molar-refractivity contribution in [3.63, 3.8) is 0 Å². The second-order valence-electron chi connectivity index (χ2n) is 7.44. The van der Waals surface area contributed by atoms with E-state index in [1.807, 2.05) is 84.9 Å². The van der Waals surface area contributed by atoms with E-state index in [0.717, 1.165) is 36.0 Å². The molecule has 8 nitrogen and oxygen atoms in total. The Morgan fingerprint density at radius 1 is 0.636 bits per heavy atom. The first-order chi connectivity index (χ1) is 16.3. The molecule has 2 N–H and O–H groups in total. The molecular weight excluding hydrogens is 416 g/mol. The van der Waals surface area contributed by atoms with Crippen molar-refractivity contribution < 1.29 is 9.47 Å². The van der Waals surface area contributed by atoms with Gasteiger partial charge in [0.2, 0.25) is 17.8 Å². The summed E-state index contributed by atoms with van der Waals surface area (Å²) in [7, 11) is 0. The predicted molar refractivity (Wildman–Crippen MR) is 129 cm³/mol. The van der Waals surface area contributed by atoms with E-state index in [4.69, 9.17) is 9.47 Å². The normalized spacial score (nSPS) is 13.4. The summed E-state index contributed by atoms with van der Waals surface area (Å²) in [4.78, 5) is 16.0. The quantitative estimate of drug-likeness (QED) is 0.416. The molecule has 0 atom stereocenters. The summed E-state index contributed by atoms with van der Waals surface area (Å²) < 4.78 is 11.3. The van der Waals surface area contributed by atoms with Crippen LogP contribution >= 0.6 is 0 Å². The molecule has 0 bridgehead atoms. The van der Waals surface area contributed by atoms with Crippen LogP contribution in [0.5, 0.6) is 11.5 Å². The van der Waals surface area contributed by atoms with Crippen LogP contribution in [0.3, 0.4) is 0 Å². The minimum absolute atomic E-state index is 0.460. The number of hydrogen-bond acceptors (Lipinski definition) is 8. The lowest BCUT2D eigenvalue weighted by atomic mass is 10.3. The first-order valence-electron chi connectivity index (χ1n) is 10.8. The molecule has 1 saturated heterocycles. The van der Waals surface area contributed by atoms with Gasteiger partial charge in [0.1, 0.15) is 11.5 Å². The molecule has 33 heavy (non-hydrogen) atoms. The van der Waals surface area contributed by atoms with Crippen LogP contribution in [-0.4, -0.2) is 41.3 Å². The summed E-state index contributed by atoms with van der Waals surface area (Å²) in [6.07, 6.45) is 0. The predicted octanol–water partition coefficient (Wildman–Crippen LogP) is 4.99. The maximum absolute atomic E-state index is 5.87. The maximum Gasteiger partial charge on any atom is 0.233 e. The Hall–Kier alpha value is -4.17. The molecule has 1 aromatic heterocycles. The first-order valence-corrected chi connectivity index (χ1v) is 10.8. The smallest absolute Gasteiger partial charge is 0.233 e. The highest BCUT2D eigenvalue weighted by atomic mass is 16.5. The summed E-state index contributed by atoms with van der Waals surface area (Å²) in [6, 6.07) is 27.2. The van der Waals surface area contributed by atoms with Crippen molar-refractivity contribution in [3.8, 4) is 11.5 Å². The molecule has 166 valence electrons. The van der Waals surface area contributed by atoms with Gasteiger partial charge < -0.3 is 25.0 Å². The zero-order valence-corrected chi connectivity index (χ0v) is 18.0. The van der Waals surface area contributed by atoms with Crippen LogP contribution in [0.4, 0.5) is 29.2 Å². The molecule has 3 aromatic carbocycles. The van der Waals surface area contributed by atoms with Crippen LogP contribution in [0, 0.1) is 0 Å². The lowest BCUT2D eigenvalue weighted by Crippen LogP contribution is -2.37. The molecule has 8 heteroatoms. The molecule has 0 amide bonds. The third kappa shape index (κ3) is 5.55. The van der Waals surface area contributed by atoms with Gasteiger partial charge in [-0.05, 0) is 48.5 Å². The number of para-hydroxylation sites is 2. The molecule has 1 aliphatic rings. The largest absolute Gasteiger partial charge is 0.457 e. The fourth-order valence-corrected chi connectivity index (χ4v) is 3.39. The summed E-state index contributed by atoms with van der Waals surface area (Å²) in [5.41, 5.74) is 1.75. The summed E-state index contributed by atoms with van der Waals surface area (Å²) in [5.74, 6) is 3.09. The highest BCUT2D eigenvalue weighted by molar-refractivity contribution is 5.60. The molecule has 0 unspecified atom stereocenters. The number of hydrogen-bond donors (Lipinski definition) is 2. The Balaban J connectivity index is 1.36. The Bertz CT molecular complexity index is 1170. The lowest BCUT2D eigenvalue weighted by Gasteiger charge is -2.27. The van der Waals surface area contributed by atoms with E-state index in [1.54, 1.807) is 0 Å². The average molecular weight is 441 g/mol. The minimum atomic E-state index is 0.460. The molecule has 0 radical (unpaired) electrons. The van der Waals surface area contributed by atoms with E-state index in [-0.39, 0.29) is 0 Å². The molecule has 1 fully saturated rings. The molecule has 5 rings (SSSR count). The van der Waals surface area contributed by atoms with Crippen LogP contribution in [0.2, 0.25) is 0 Å². The van der Waals surface area contributed by atoms with Gasteiger partial charge in [-0.2, -0.15) is 15.0 Å². The maximum atomic E-state index is 5.87. The number of aromatic nitrogens is 3. The highest BCUT2D eigenvalue weighted by Crippen LogP contribution is 2.25. The molecule has 2 heterocycles. The van der Waals surface area contributed by atoms with Gasteiger partial charge in [0, 0.05) is 24.5 Å². The third-order valence-corrected chi connectivity index (χ3v) is 5.04. The summed E-state index contributed by atoms with van der Waals surface area (Å²) in [6.45, 7) is 2.77. The molecular formula is C25H24N6O2. The van der Waals surface area contributed by atoms with Crippen molar-refractivity contribution >= 4 is 29.2 Å². The van der Waals surface area contributed by atoms with Crippen LogP contribution in [0.1, 0.15) is 0 Å². The number of nitrogens with one attached hydrogen (secondary N) is 2.